The van der Waals surface area contributed by atoms with Crippen LogP contribution in [0.4, 0.5) is 4.39 Å². The summed E-state index contributed by atoms with van der Waals surface area (Å²) in [6.07, 6.45) is 2.76. The molecular weight excluding hydrogens is 384 g/mol. The third-order valence-electron chi connectivity index (χ3n) is 3.29. The maximum Gasteiger partial charge on any atom is 0.262 e. The number of hydrogen-bond acceptors (Lipinski definition) is 4. The zero-order chi connectivity index (χ0) is 12.8. The van der Waals surface area contributed by atoms with Gasteiger partial charge in [-0.1, -0.05) is 11.2 Å². The van der Waals surface area contributed by atoms with Gasteiger partial charge in [-0.3, -0.25) is 0 Å². The Hall–Kier alpha value is -0.730. The number of rotatable bonds is 2. The van der Waals surface area contributed by atoms with E-state index in [-0.39, 0.29) is 24.1 Å². The van der Waals surface area contributed by atoms with E-state index in [0.717, 1.165) is 22.8 Å². The number of benzene rings is 1. The van der Waals surface area contributed by atoms with Crippen LogP contribution in [0.15, 0.2) is 22.7 Å². The SMILES string of the molecule is Cl.NC1(c2noc(-c3c(F)cccc3I)n2)CCC1. The van der Waals surface area contributed by atoms with E-state index in [9.17, 15) is 4.39 Å². The molecule has 0 spiro atoms. The first-order chi connectivity index (χ1) is 8.60. The largest absolute Gasteiger partial charge is 0.334 e. The highest BCUT2D eigenvalue weighted by molar-refractivity contribution is 14.1. The highest BCUT2D eigenvalue weighted by Crippen LogP contribution is 2.38. The first-order valence-corrected chi connectivity index (χ1v) is 6.75. The fourth-order valence-corrected chi connectivity index (χ4v) is 2.71. The van der Waals surface area contributed by atoms with Crippen LogP contribution in [0.1, 0.15) is 25.1 Å². The van der Waals surface area contributed by atoms with Crippen molar-refractivity contribution >= 4 is 35.0 Å². The topological polar surface area (TPSA) is 64.9 Å². The van der Waals surface area contributed by atoms with Gasteiger partial charge in [0.25, 0.3) is 5.89 Å². The summed E-state index contributed by atoms with van der Waals surface area (Å²) in [6, 6.07) is 4.82. The molecular formula is C12H12ClFIN3O. The second-order valence-electron chi connectivity index (χ2n) is 4.53. The molecule has 1 saturated carbocycles. The lowest BCUT2D eigenvalue weighted by Gasteiger charge is -2.34. The van der Waals surface area contributed by atoms with Crippen molar-refractivity contribution in [3.05, 3.63) is 33.4 Å². The molecule has 1 aliphatic rings. The molecule has 102 valence electrons. The second-order valence-corrected chi connectivity index (χ2v) is 5.69. The molecule has 1 heterocycles. The van der Waals surface area contributed by atoms with Crippen LogP contribution in [0.5, 0.6) is 0 Å². The van der Waals surface area contributed by atoms with Gasteiger partial charge in [-0.15, -0.1) is 12.4 Å². The van der Waals surface area contributed by atoms with Crippen molar-refractivity contribution in [2.75, 3.05) is 0 Å². The van der Waals surface area contributed by atoms with Crippen molar-refractivity contribution in [1.29, 1.82) is 0 Å². The Bertz CT molecular complexity index is 580. The average Bonchev–Trinajstić information content (AvgIpc) is 2.75. The van der Waals surface area contributed by atoms with E-state index in [1.165, 1.54) is 6.07 Å². The van der Waals surface area contributed by atoms with E-state index in [1.54, 1.807) is 12.1 Å². The molecule has 0 amide bonds. The minimum atomic E-state index is -0.488. The van der Waals surface area contributed by atoms with Gasteiger partial charge in [-0.2, -0.15) is 4.98 Å². The van der Waals surface area contributed by atoms with Gasteiger partial charge in [0, 0.05) is 3.57 Å². The van der Waals surface area contributed by atoms with Crippen LogP contribution in [0.2, 0.25) is 0 Å². The summed E-state index contributed by atoms with van der Waals surface area (Å²) in [5.41, 5.74) is 5.97. The first-order valence-electron chi connectivity index (χ1n) is 5.68. The molecule has 19 heavy (non-hydrogen) atoms. The van der Waals surface area contributed by atoms with Gasteiger partial charge < -0.3 is 10.3 Å². The highest BCUT2D eigenvalue weighted by atomic mass is 127. The Labute approximate surface area is 129 Å². The Morgan fingerprint density at radius 1 is 1.37 bits per heavy atom. The lowest BCUT2D eigenvalue weighted by molar-refractivity contribution is 0.229. The third-order valence-corrected chi connectivity index (χ3v) is 4.19. The summed E-state index contributed by atoms with van der Waals surface area (Å²) in [7, 11) is 0. The van der Waals surface area contributed by atoms with E-state index in [0.29, 0.717) is 11.4 Å². The van der Waals surface area contributed by atoms with Crippen molar-refractivity contribution in [2.24, 2.45) is 5.73 Å². The van der Waals surface area contributed by atoms with E-state index >= 15 is 0 Å². The molecule has 1 fully saturated rings. The predicted octanol–water partition coefficient (Wildman–Crippen LogP) is 3.24. The maximum atomic E-state index is 13.8. The van der Waals surface area contributed by atoms with Crippen LogP contribution in [0, 0.1) is 9.39 Å². The molecule has 2 N–H and O–H groups in total. The van der Waals surface area contributed by atoms with Crippen LogP contribution in [0.25, 0.3) is 11.5 Å². The number of nitrogens with two attached hydrogens (primary N) is 1. The monoisotopic (exact) mass is 395 g/mol. The first kappa shape index (κ1) is 14.7. The number of nitrogens with zero attached hydrogens (tertiary/aromatic N) is 2. The quantitative estimate of drug-likeness (QED) is 0.793. The Morgan fingerprint density at radius 3 is 2.68 bits per heavy atom. The molecule has 1 aromatic heterocycles. The summed E-state index contributed by atoms with van der Waals surface area (Å²) in [5, 5.41) is 3.89. The van der Waals surface area contributed by atoms with E-state index in [2.05, 4.69) is 10.1 Å². The summed E-state index contributed by atoms with van der Waals surface area (Å²) in [4.78, 5) is 4.25. The van der Waals surface area contributed by atoms with Crippen molar-refractivity contribution in [2.45, 2.75) is 24.8 Å². The number of hydrogen-bond donors (Lipinski definition) is 1. The van der Waals surface area contributed by atoms with Gasteiger partial charge in [-0.25, -0.2) is 4.39 Å². The summed E-state index contributed by atoms with van der Waals surface area (Å²) >= 11 is 2.04. The molecule has 0 atom stereocenters. The number of halogens is 3. The van der Waals surface area contributed by atoms with E-state index in [1.807, 2.05) is 22.6 Å². The maximum absolute atomic E-state index is 13.8. The molecule has 0 bridgehead atoms. The minimum absolute atomic E-state index is 0. The van der Waals surface area contributed by atoms with Gasteiger partial charge in [0.05, 0.1) is 11.1 Å². The van der Waals surface area contributed by atoms with Crippen LogP contribution in [0.3, 0.4) is 0 Å². The van der Waals surface area contributed by atoms with Crippen molar-refractivity contribution < 1.29 is 8.91 Å². The highest BCUT2D eigenvalue weighted by Gasteiger charge is 2.39. The zero-order valence-electron chi connectivity index (χ0n) is 9.90. The lowest BCUT2D eigenvalue weighted by atomic mass is 9.77. The van der Waals surface area contributed by atoms with Gasteiger partial charge in [0.15, 0.2) is 5.82 Å². The molecule has 1 aromatic carbocycles. The second kappa shape index (κ2) is 5.34. The van der Waals surface area contributed by atoms with Crippen LogP contribution in [-0.2, 0) is 5.54 Å². The molecule has 0 aliphatic heterocycles. The molecule has 4 nitrogen and oxygen atoms in total. The average molecular weight is 396 g/mol. The fourth-order valence-electron chi connectivity index (χ4n) is 2.01. The normalized spacial score (nSPS) is 16.6. The molecule has 0 unspecified atom stereocenters. The third kappa shape index (κ3) is 2.48. The van der Waals surface area contributed by atoms with Crippen molar-refractivity contribution in [3.63, 3.8) is 0 Å². The van der Waals surface area contributed by atoms with Crippen LogP contribution >= 0.6 is 35.0 Å². The molecule has 0 saturated heterocycles. The van der Waals surface area contributed by atoms with Gasteiger partial charge in [0.2, 0.25) is 0 Å². The smallest absolute Gasteiger partial charge is 0.262 e. The van der Waals surface area contributed by atoms with Crippen molar-refractivity contribution in [3.8, 4) is 11.5 Å². The Balaban J connectivity index is 0.00000133. The molecule has 2 aromatic rings. The van der Waals surface area contributed by atoms with Crippen LogP contribution < -0.4 is 5.73 Å². The summed E-state index contributed by atoms with van der Waals surface area (Å²) in [5.74, 6) is 0.309. The minimum Gasteiger partial charge on any atom is -0.334 e. The lowest BCUT2D eigenvalue weighted by Crippen LogP contribution is -2.44. The summed E-state index contributed by atoms with van der Waals surface area (Å²) < 4.78 is 19.7. The van der Waals surface area contributed by atoms with Crippen LogP contribution in [-0.4, -0.2) is 10.1 Å². The van der Waals surface area contributed by atoms with E-state index < -0.39 is 5.54 Å². The standard InChI is InChI=1S/C12H11FIN3O.ClH/c13-7-3-1-4-8(14)9(7)10-16-11(17-18-10)12(15)5-2-6-12;/h1,3-4H,2,5-6,15H2;1H. The molecule has 3 rings (SSSR count). The molecule has 1 aliphatic carbocycles. The Morgan fingerprint density at radius 2 is 2.11 bits per heavy atom. The number of aromatic nitrogens is 2. The van der Waals surface area contributed by atoms with E-state index in [4.69, 9.17) is 10.3 Å². The van der Waals surface area contributed by atoms with Gasteiger partial charge in [0.1, 0.15) is 5.82 Å². The van der Waals surface area contributed by atoms with Gasteiger partial charge >= 0.3 is 0 Å². The fraction of sp³-hybridized carbons (Fsp3) is 0.333. The predicted molar refractivity (Wildman–Crippen MR) is 79.4 cm³/mol. The zero-order valence-corrected chi connectivity index (χ0v) is 12.9. The molecule has 7 heteroatoms. The van der Waals surface area contributed by atoms with Gasteiger partial charge in [-0.05, 0) is 54.0 Å². The summed E-state index contributed by atoms with van der Waals surface area (Å²) in [6.45, 7) is 0. The Kier molecular flexibility index (Phi) is 4.12. The molecule has 0 radical (unpaired) electrons. The van der Waals surface area contributed by atoms with Crippen molar-refractivity contribution in [1.82, 2.24) is 10.1 Å².